The molecule has 1 saturated heterocycles. The van der Waals surface area contributed by atoms with E-state index in [9.17, 15) is 9.59 Å². The van der Waals surface area contributed by atoms with Gasteiger partial charge in [0.1, 0.15) is 0 Å². The molecule has 2 rings (SSSR count). The Hall–Kier alpha value is -2.64. The summed E-state index contributed by atoms with van der Waals surface area (Å²) in [7, 11) is 4.66. The maximum Gasteiger partial charge on any atom is 0.317 e. The molecule has 8 nitrogen and oxygen atoms in total. The van der Waals surface area contributed by atoms with Crippen LogP contribution in [0.5, 0.6) is 17.2 Å². The number of nitrogens with zero attached hydrogens (tertiary/aromatic N) is 1. The fourth-order valence-electron chi connectivity index (χ4n) is 3.68. The van der Waals surface area contributed by atoms with E-state index in [-0.39, 0.29) is 35.4 Å². The van der Waals surface area contributed by atoms with Gasteiger partial charge < -0.3 is 29.7 Å². The summed E-state index contributed by atoms with van der Waals surface area (Å²) in [6.45, 7) is 10.4. The quantitative estimate of drug-likeness (QED) is 0.737. The van der Waals surface area contributed by atoms with Crippen molar-refractivity contribution in [2.45, 2.75) is 52.1 Å². The van der Waals surface area contributed by atoms with Crippen molar-refractivity contribution in [3.63, 3.8) is 0 Å². The lowest BCUT2D eigenvalue weighted by molar-refractivity contribution is -0.125. The number of carbonyl (C=O) groups excluding carboxylic acids is 2. The Bertz CT molecular complexity index is 748. The molecule has 0 aromatic heterocycles. The van der Waals surface area contributed by atoms with Gasteiger partial charge in [-0.3, -0.25) is 4.79 Å². The average Bonchev–Trinajstić information content (AvgIpc) is 3.10. The van der Waals surface area contributed by atoms with Crippen LogP contribution in [-0.4, -0.2) is 62.8 Å². The molecule has 168 valence electrons. The molecule has 1 fully saturated rings. The maximum atomic E-state index is 13.0. The van der Waals surface area contributed by atoms with Crippen LogP contribution >= 0.6 is 0 Å². The summed E-state index contributed by atoms with van der Waals surface area (Å²) >= 11 is 0. The third kappa shape index (κ3) is 5.49. The molecule has 1 aliphatic rings. The highest BCUT2D eigenvalue weighted by atomic mass is 16.5. The Morgan fingerprint density at radius 2 is 1.60 bits per heavy atom. The van der Waals surface area contributed by atoms with Crippen LogP contribution in [0.1, 0.15) is 46.1 Å². The first-order valence-corrected chi connectivity index (χ1v) is 10.2. The highest BCUT2D eigenvalue weighted by Crippen LogP contribution is 2.43. The molecule has 0 saturated carbocycles. The lowest BCUT2D eigenvalue weighted by Crippen LogP contribution is -2.48. The number of hydrogen-bond acceptors (Lipinski definition) is 5. The number of nitrogens with one attached hydrogen (secondary N) is 2. The van der Waals surface area contributed by atoms with Gasteiger partial charge in [0.05, 0.1) is 27.2 Å². The van der Waals surface area contributed by atoms with Gasteiger partial charge in [0.25, 0.3) is 0 Å². The fourth-order valence-corrected chi connectivity index (χ4v) is 3.68. The summed E-state index contributed by atoms with van der Waals surface area (Å²) in [6, 6.07) is 3.54. The summed E-state index contributed by atoms with van der Waals surface area (Å²) in [5, 5.41) is 5.97. The summed E-state index contributed by atoms with van der Waals surface area (Å²) in [5.41, 5.74) is 0.497. The molecular formula is C22H35N3O5. The van der Waals surface area contributed by atoms with E-state index in [1.165, 1.54) is 0 Å². The van der Waals surface area contributed by atoms with Gasteiger partial charge in [-0.15, -0.1) is 0 Å². The maximum absolute atomic E-state index is 13.0. The molecule has 1 heterocycles. The first kappa shape index (κ1) is 23.6. The zero-order chi connectivity index (χ0) is 22.6. The highest BCUT2D eigenvalue weighted by Gasteiger charge is 2.41. The molecule has 2 atom stereocenters. The molecule has 1 aromatic carbocycles. The number of carbonyl (C=O) groups is 2. The van der Waals surface area contributed by atoms with Gasteiger partial charge in [0.15, 0.2) is 11.5 Å². The minimum Gasteiger partial charge on any atom is -0.493 e. The average molecular weight is 422 g/mol. The van der Waals surface area contributed by atoms with Crippen molar-refractivity contribution in [1.82, 2.24) is 15.5 Å². The van der Waals surface area contributed by atoms with Crippen molar-refractivity contribution in [3.8, 4) is 17.2 Å². The molecule has 8 heteroatoms. The van der Waals surface area contributed by atoms with Gasteiger partial charge in [0, 0.05) is 30.6 Å². The van der Waals surface area contributed by atoms with E-state index in [2.05, 4.69) is 10.6 Å². The predicted octanol–water partition coefficient (Wildman–Crippen LogP) is 2.76. The molecular weight excluding hydrogens is 386 g/mol. The zero-order valence-corrected chi connectivity index (χ0v) is 19.3. The molecule has 2 N–H and O–H groups in total. The van der Waals surface area contributed by atoms with E-state index in [4.69, 9.17) is 14.2 Å². The van der Waals surface area contributed by atoms with Crippen molar-refractivity contribution in [3.05, 3.63) is 17.7 Å². The molecule has 0 radical (unpaired) electrons. The Morgan fingerprint density at radius 3 is 2.03 bits per heavy atom. The number of ether oxygens (including phenoxy) is 3. The molecule has 0 bridgehead atoms. The van der Waals surface area contributed by atoms with Crippen molar-refractivity contribution in [2.24, 2.45) is 5.92 Å². The van der Waals surface area contributed by atoms with Gasteiger partial charge >= 0.3 is 6.03 Å². The third-order valence-electron chi connectivity index (χ3n) is 4.97. The van der Waals surface area contributed by atoms with Crippen molar-refractivity contribution in [1.29, 1.82) is 0 Å². The van der Waals surface area contributed by atoms with E-state index >= 15 is 0 Å². The predicted molar refractivity (Wildman–Crippen MR) is 115 cm³/mol. The van der Waals surface area contributed by atoms with Crippen LogP contribution < -0.4 is 24.8 Å². The molecule has 0 aliphatic carbocycles. The molecule has 0 spiro atoms. The van der Waals surface area contributed by atoms with Crippen LogP contribution in [0.2, 0.25) is 0 Å². The lowest BCUT2D eigenvalue weighted by Gasteiger charge is -2.25. The first-order valence-electron chi connectivity index (χ1n) is 10.2. The van der Waals surface area contributed by atoms with E-state index in [0.29, 0.717) is 30.3 Å². The van der Waals surface area contributed by atoms with Gasteiger partial charge in [-0.2, -0.15) is 0 Å². The Kier molecular flexibility index (Phi) is 7.44. The minimum absolute atomic E-state index is 0.00976. The van der Waals surface area contributed by atoms with Crippen LogP contribution in [0.4, 0.5) is 4.79 Å². The SMILES string of the molecule is COc1cc([C@H]2CN(C(=O)NC(C)(C)C)C[C@@H]2C(=O)NC(C)C)cc(OC)c1OC. The number of rotatable bonds is 6. The van der Waals surface area contributed by atoms with Crippen LogP contribution in [0.25, 0.3) is 0 Å². The Morgan fingerprint density at radius 1 is 1.03 bits per heavy atom. The molecule has 0 unspecified atom stereocenters. The number of benzene rings is 1. The number of methoxy groups -OCH3 is 3. The molecule has 30 heavy (non-hydrogen) atoms. The number of hydrogen-bond donors (Lipinski definition) is 2. The fraction of sp³-hybridized carbons (Fsp3) is 0.636. The third-order valence-corrected chi connectivity index (χ3v) is 4.97. The van der Waals surface area contributed by atoms with Crippen molar-refractivity contribution < 1.29 is 23.8 Å². The van der Waals surface area contributed by atoms with Gasteiger partial charge in [-0.25, -0.2) is 4.79 Å². The van der Waals surface area contributed by atoms with Crippen molar-refractivity contribution in [2.75, 3.05) is 34.4 Å². The molecule has 3 amide bonds. The van der Waals surface area contributed by atoms with Crippen molar-refractivity contribution >= 4 is 11.9 Å². The standard InChI is InChI=1S/C22H35N3O5/c1-13(2)23-20(26)16-12-25(21(27)24-22(3,4)5)11-15(16)14-9-17(28-6)19(30-8)18(10-14)29-7/h9-10,13,15-16H,11-12H2,1-8H3,(H,23,26)(H,24,27)/t15-,16+/m1/s1. The van der Waals surface area contributed by atoms with Gasteiger partial charge in [-0.1, -0.05) is 0 Å². The monoisotopic (exact) mass is 421 g/mol. The van der Waals surface area contributed by atoms with Gasteiger partial charge in [0.2, 0.25) is 11.7 Å². The van der Waals surface area contributed by atoms with E-state index in [1.54, 1.807) is 26.2 Å². The highest BCUT2D eigenvalue weighted by molar-refractivity contribution is 5.83. The van der Waals surface area contributed by atoms with E-state index in [0.717, 1.165) is 5.56 Å². The molecule has 1 aromatic rings. The normalized spacial score (nSPS) is 18.9. The second-order valence-electron chi connectivity index (χ2n) is 8.92. The zero-order valence-electron chi connectivity index (χ0n) is 19.3. The van der Waals surface area contributed by atoms with Crippen LogP contribution in [0.3, 0.4) is 0 Å². The minimum atomic E-state index is -0.388. The Balaban J connectivity index is 2.43. The van der Waals surface area contributed by atoms with E-state index in [1.807, 2.05) is 46.8 Å². The summed E-state index contributed by atoms with van der Waals surface area (Å²) in [6.07, 6.45) is 0. The second-order valence-corrected chi connectivity index (χ2v) is 8.92. The number of amides is 3. The first-order chi connectivity index (χ1) is 14.0. The van der Waals surface area contributed by atoms with Crippen LogP contribution in [0, 0.1) is 5.92 Å². The Labute approximate surface area is 179 Å². The van der Waals surface area contributed by atoms with Gasteiger partial charge in [-0.05, 0) is 52.3 Å². The summed E-state index contributed by atoms with van der Waals surface area (Å²) in [4.78, 5) is 27.5. The lowest BCUT2D eigenvalue weighted by atomic mass is 9.87. The number of likely N-dealkylation sites (tertiary alicyclic amines) is 1. The van der Waals surface area contributed by atoms with Crippen LogP contribution in [0.15, 0.2) is 12.1 Å². The number of urea groups is 1. The second kappa shape index (κ2) is 9.45. The largest absolute Gasteiger partial charge is 0.493 e. The molecule has 1 aliphatic heterocycles. The topological polar surface area (TPSA) is 89.1 Å². The smallest absolute Gasteiger partial charge is 0.317 e. The van der Waals surface area contributed by atoms with E-state index < -0.39 is 0 Å². The summed E-state index contributed by atoms with van der Waals surface area (Å²) in [5.74, 6) is 0.867. The van der Waals surface area contributed by atoms with Crippen LogP contribution in [-0.2, 0) is 4.79 Å². The summed E-state index contributed by atoms with van der Waals surface area (Å²) < 4.78 is 16.4.